The smallest absolute Gasteiger partial charge is 0.195 e. The number of hydrogen-bond donors (Lipinski definition) is 1. The predicted octanol–water partition coefficient (Wildman–Crippen LogP) is 3.65. The van der Waals surface area contributed by atoms with Gasteiger partial charge >= 0.3 is 0 Å². The van der Waals surface area contributed by atoms with Crippen molar-refractivity contribution in [2.45, 2.75) is 0 Å². The summed E-state index contributed by atoms with van der Waals surface area (Å²) >= 11 is 0. The zero-order valence-electron chi connectivity index (χ0n) is 10.3. The molecule has 0 fully saturated rings. The van der Waals surface area contributed by atoms with E-state index in [1.165, 1.54) is 0 Å². The molecule has 3 rings (SSSR count). The van der Waals surface area contributed by atoms with Crippen molar-refractivity contribution in [3.63, 3.8) is 0 Å². The first kappa shape index (κ1) is 11.5. The van der Waals surface area contributed by atoms with Crippen molar-refractivity contribution >= 4 is 22.2 Å². The van der Waals surface area contributed by atoms with Crippen LogP contribution < -0.4 is 5.73 Å². The molecule has 0 saturated carbocycles. The van der Waals surface area contributed by atoms with Gasteiger partial charge in [-0.2, -0.15) is 0 Å². The Labute approximate surface area is 111 Å². The molecule has 0 saturated heterocycles. The number of benzene rings is 3. The Morgan fingerprint density at radius 2 is 1.47 bits per heavy atom. The first-order valence-electron chi connectivity index (χ1n) is 6.14. The van der Waals surface area contributed by atoms with E-state index in [0.29, 0.717) is 16.8 Å². The topological polar surface area (TPSA) is 43.1 Å². The van der Waals surface area contributed by atoms with Gasteiger partial charge in [-0.05, 0) is 11.5 Å². The Balaban J connectivity index is 2.16. The quantitative estimate of drug-likeness (QED) is 0.555. The van der Waals surface area contributed by atoms with Gasteiger partial charge in [0.15, 0.2) is 5.78 Å². The van der Waals surface area contributed by atoms with Crippen LogP contribution in [0.15, 0.2) is 66.7 Å². The molecule has 0 bridgehead atoms. The maximum Gasteiger partial charge on any atom is 0.195 e. The van der Waals surface area contributed by atoms with Crippen molar-refractivity contribution in [2.75, 3.05) is 5.73 Å². The molecule has 19 heavy (non-hydrogen) atoms. The van der Waals surface area contributed by atoms with Crippen LogP contribution in [0.5, 0.6) is 0 Å². The molecule has 0 heterocycles. The first-order chi connectivity index (χ1) is 9.27. The number of ketones is 1. The fourth-order valence-corrected chi connectivity index (χ4v) is 2.24. The SMILES string of the molecule is Nc1c(C(=O)c2ccccc2)ccc2ccccc12. The second-order valence-corrected chi connectivity index (χ2v) is 4.44. The van der Waals surface area contributed by atoms with E-state index >= 15 is 0 Å². The Hall–Kier alpha value is -2.61. The highest BCUT2D eigenvalue weighted by molar-refractivity contribution is 6.15. The van der Waals surface area contributed by atoms with E-state index in [-0.39, 0.29) is 5.78 Å². The maximum atomic E-state index is 12.4. The number of anilines is 1. The molecule has 92 valence electrons. The Morgan fingerprint density at radius 3 is 2.26 bits per heavy atom. The number of nitrogens with two attached hydrogens (primary N) is 1. The van der Waals surface area contributed by atoms with Crippen LogP contribution in [-0.4, -0.2) is 5.78 Å². The molecule has 3 aromatic rings. The number of fused-ring (bicyclic) bond motifs is 1. The van der Waals surface area contributed by atoms with Crippen LogP contribution in [-0.2, 0) is 0 Å². The second kappa shape index (κ2) is 4.58. The normalized spacial score (nSPS) is 10.5. The minimum Gasteiger partial charge on any atom is -0.398 e. The summed E-state index contributed by atoms with van der Waals surface area (Å²) in [5, 5.41) is 1.97. The maximum absolute atomic E-state index is 12.4. The fourth-order valence-electron chi connectivity index (χ4n) is 2.24. The highest BCUT2D eigenvalue weighted by Gasteiger charge is 2.13. The summed E-state index contributed by atoms with van der Waals surface area (Å²) in [5.74, 6) is -0.0381. The van der Waals surface area contributed by atoms with Crippen molar-refractivity contribution in [1.29, 1.82) is 0 Å². The van der Waals surface area contributed by atoms with E-state index in [1.54, 1.807) is 18.2 Å². The van der Waals surface area contributed by atoms with Gasteiger partial charge in [-0.1, -0.05) is 60.7 Å². The summed E-state index contributed by atoms with van der Waals surface area (Å²) in [6.45, 7) is 0. The first-order valence-corrected chi connectivity index (χ1v) is 6.14. The third-order valence-corrected chi connectivity index (χ3v) is 3.25. The molecule has 2 heteroatoms. The van der Waals surface area contributed by atoms with E-state index in [1.807, 2.05) is 48.5 Å². The molecule has 0 aliphatic rings. The van der Waals surface area contributed by atoms with Gasteiger partial charge < -0.3 is 5.73 Å². The highest BCUT2D eigenvalue weighted by atomic mass is 16.1. The molecule has 0 aromatic heterocycles. The van der Waals surface area contributed by atoms with E-state index < -0.39 is 0 Å². The molecule has 3 aromatic carbocycles. The molecule has 0 spiro atoms. The van der Waals surface area contributed by atoms with E-state index in [0.717, 1.165) is 10.8 Å². The van der Waals surface area contributed by atoms with Gasteiger partial charge in [-0.25, -0.2) is 0 Å². The summed E-state index contributed by atoms with van der Waals surface area (Å²) in [5.41, 5.74) is 7.90. The molecule has 0 amide bonds. The van der Waals surface area contributed by atoms with E-state index in [2.05, 4.69) is 0 Å². The molecular weight excluding hydrogens is 234 g/mol. The van der Waals surface area contributed by atoms with Gasteiger partial charge in [0, 0.05) is 16.5 Å². The summed E-state index contributed by atoms with van der Waals surface area (Å²) < 4.78 is 0. The zero-order chi connectivity index (χ0) is 13.2. The van der Waals surface area contributed by atoms with Crippen LogP contribution in [0.2, 0.25) is 0 Å². The number of hydrogen-bond acceptors (Lipinski definition) is 2. The molecular formula is C17H13NO. The van der Waals surface area contributed by atoms with Crippen molar-refractivity contribution in [2.24, 2.45) is 0 Å². The minimum atomic E-state index is -0.0381. The predicted molar refractivity (Wildman–Crippen MR) is 78.2 cm³/mol. The van der Waals surface area contributed by atoms with Crippen LogP contribution in [0.25, 0.3) is 10.8 Å². The lowest BCUT2D eigenvalue weighted by molar-refractivity contribution is 0.103. The van der Waals surface area contributed by atoms with Gasteiger partial charge in [-0.3, -0.25) is 4.79 Å². The van der Waals surface area contributed by atoms with Gasteiger partial charge in [0.1, 0.15) is 0 Å². The zero-order valence-corrected chi connectivity index (χ0v) is 10.3. The van der Waals surface area contributed by atoms with Crippen molar-refractivity contribution in [3.05, 3.63) is 77.9 Å². The van der Waals surface area contributed by atoms with Crippen LogP contribution >= 0.6 is 0 Å². The summed E-state index contributed by atoms with van der Waals surface area (Å²) in [6, 6.07) is 20.7. The molecule has 0 aliphatic carbocycles. The lowest BCUT2D eigenvalue weighted by atomic mass is 9.98. The van der Waals surface area contributed by atoms with Crippen molar-refractivity contribution in [1.82, 2.24) is 0 Å². The third kappa shape index (κ3) is 1.97. The minimum absolute atomic E-state index is 0.0381. The molecule has 2 nitrogen and oxygen atoms in total. The molecule has 0 atom stereocenters. The Morgan fingerprint density at radius 1 is 0.789 bits per heavy atom. The number of nitrogen functional groups attached to an aromatic ring is 1. The monoisotopic (exact) mass is 247 g/mol. The van der Waals surface area contributed by atoms with Gasteiger partial charge in [0.25, 0.3) is 0 Å². The van der Waals surface area contributed by atoms with Gasteiger partial charge in [-0.15, -0.1) is 0 Å². The van der Waals surface area contributed by atoms with Crippen LogP contribution in [0, 0.1) is 0 Å². The Bertz CT molecular complexity index is 748. The fraction of sp³-hybridized carbons (Fsp3) is 0. The van der Waals surface area contributed by atoms with E-state index in [4.69, 9.17) is 5.73 Å². The van der Waals surface area contributed by atoms with Crippen LogP contribution in [0.4, 0.5) is 5.69 Å². The molecule has 0 radical (unpaired) electrons. The molecule has 0 unspecified atom stereocenters. The third-order valence-electron chi connectivity index (χ3n) is 3.25. The molecule has 2 N–H and O–H groups in total. The van der Waals surface area contributed by atoms with Crippen molar-refractivity contribution in [3.8, 4) is 0 Å². The van der Waals surface area contributed by atoms with Crippen molar-refractivity contribution < 1.29 is 4.79 Å². The highest BCUT2D eigenvalue weighted by Crippen LogP contribution is 2.26. The average Bonchev–Trinajstić information content (AvgIpc) is 2.48. The Kier molecular flexibility index (Phi) is 2.76. The molecule has 0 aliphatic heterocycles. The average molecular weight is 247 g/mol. The number of carbonyl (C=O) groups is 1. The summed E-state index contributed by atoms with van der Waals surface area (Å²) in [6.07, 6.45) is 0. The lowest BCUT2D eigenvalue weighted by Crippen LogP contribution is -2.05. The summed E-state index contributed by atoms with van der Waals surface area (Å²) in [7, 11) is 0. The second-order valence-electron chi connectivity index (χ2n) is 4.44. The van der Waals surface area contributed by atoms with Crippen LogP contribution in [0.3, 0.4) is 0 Å². The van der Waals surface area contributed by atoms with Crippen LogP contribution in [0.1, 0.15) is 15.9 Å². The largest absolute Gasteiger partial charge is 0.398 e. The summed E-state index contributed by atoms with van der Waals surface area (Å²) in [4.78, 5) is 12.4. The number of carbonyl (C=O) groups excluding carboxylic acids is 1. The number of rotatable bonds is 2. The van der Waals surface area contributed by atoms with Gasteiger partial charge in [0.05, 0.1) is 5.69 Å². The van der Waals surface area contributed by atoms with Gasteiger partial charge in [0.2, 0.25) is 0 Å². The standard InChI is InChI=1S/C17H13NO/c18-16-14-9-5-4-6-12(14)10-11-15(16)17(19)13-7-2-1-3-8-13/h1-11H,18H2. The van der Waals surface area contributed by atoms with E-state index in [9.17, 15) is 4.79 Å². The lowest BCUT2D eigenvalue weighted by Gasteiger charge is -2.08.